The molecule has 146 valence electrons. The van der Waals surface area contributed by atoms with E-state index < -0.39 is 6.09 Å². The second kappa shape index (κ2) is 8.72. The van der Waals surface area contributed by atoms with Gasteiger partial charge in [0.05, 0.1) is 12.4 Å². The molecular formula is C18H22FN3O5. The minimum Gasteiger partial charge on any atom is -0.489 e. The quantitative estimate of drug-likeness (QED) is 0.584. The summed E-state index contributed by atoms with van der Waals surface area (Å²) in [5.74, 6) is 0.459. The van der Waals surface area contributed by atoms with Crippen LogP contribution in [0.5, 0.6) is 5.75 Å². The predicted molar refractivity (Wildman–Crippen MR) is 96.6 cm³/mol. The second-order valence-corrected chi connectivity index (χ2v) is 6.51. The van der Waals surface area contributed by atoms with Gasteiger partial charge in [0.15, 0.2) is 5.58 Å². The molecule has 1 aromatic carbocycles. The normalized spacial score (nSPS) is 20.4. The van der Waals surface area contributed by atoms with Crippen LogP contribution in [0.25, 0.3) is 11.1 Å². The molecule has 1 aliphatic carbocycles. The maximum atomic E-state index is 12.8. The van der Waals surface area contributed by atoms with Gasteiger partial charge in [-0.05, 0) is 37.8 Å². The van der Waals surface area contributed by atoms with Gasteiger partial charge >= 0.3 is 6.09 Å². The van der Waals surface area contributed by atoms with Crippen LogP contribution in [0.2, 0.25) is 0 Å². The fourth-order valence-corrected chi connectivity index (χ4v) is 2.94. The Hall–Kier alpha value is -2.81. The number of anilines is 1. The number of oxazole rings is 1. The summed E-state index contributed by atoms with van der Waals surface area (Å²) in [4.78, 5) is 14.8. The molecule has 27 heavy (non-hydrogen) atoms. The summed E-state index contributed by atoms with van der Waals surface area (Å²) >= 11 is 0. The van der Waals surface area contributed by atoms with Gasteiger partial charge < -0.3 is 30.0 Å². The lowest BCUT2D eigenvalue weighted by Crippen LogP contribution is -2.28. The van der Waals surface area contributed by atoms with E-state index in [9.17, 15) is 14.3 Å². The van der Waals surface area contributed by atoms with Crippen molar-refractivity contribution in [3.63, 3.8) is 0 Å². The van der Waals surface area contributed by atoms with Crippen molar-refractivity contribution in [2.24, 2.45) is 0 Å². The van der Waals surface area contributed by atoms with Crippen molar-refractivity contribution >= 4 is 23.2 Å². The predicted octanol–water partition coefficient (Wildman–Crippen LogP) is 3.04. The third-order valence-corrected chi connectivity index (χ3v) is 4.43. The zero-order chi connectivity index (χ0) is 19.2. The number of carboxylic acid groups (broad SMARTS) is 1. The van der Waals surface area contributed by atoms with Gasteiger partial charge in [-0.15, -0.1) is 0 Å². The number of fused-ring (bicyclic) bond motifs is 1. The number of nitrogens with one attached hydrogen (secondary N) is 2. The number of halogens is 1. The Kier molecular flexibility index (Phi) is 6.12. The van der Waals surface area contributed by atoms with Crippen LogP contribution in [-0.4, -0.2) is 46.6 Å². The summed E-state index contributed by atoms with van der Waals surface area (Å²) in [6.07, 6.45) is 2.11. The van der Waals surface area contributed by atoms with Gasteiger partial charge in [-0.1, -0.05) is 0 Å². The first-order valence-corrected chi connectivity index (χ1v) is 8.76. The molecule has 4 N–H and O–H groups in total. The first-order valence-electron chi connectivity index (χ1n) is 8.76. The third-order valence-electron chi connectivity index (χ3n) is 4.43. The van der Waals surface area contributed by atoms with E-state index in [2.05, 4.69) is 15.6 Å². The fourth-order valence-electron chi connectivity index (χ4n) is 2.94. The molecular weight excluding hydrogens is 357 g/mol. The number of rotatable bonds is 7. The van der Waals surface area contributed by atoms with Crippen molar-refractivity contribution in [1.29, 1.82) is 0 Å². The minimum absolute atomic E-state index is 0.0913. The molecule has 0 aliphatic heterocycles. The Labute approximate surface area is 155 Å². The number of nitrogens with zero attached hydrogens (tertiary/aromatic N) is 1. The number of ether oxygens (including phenoxy) is 1. The van der Waals surface area contributed by atoms with Crippen molar-refractivity contribution in [3.8, 4) is 5.75 Å². The van der Waals surface area contributed by atoms with Crippen LogP contribution in [0, 0.1) is 0 Å². The van der Waals surface area contributed by atoms with Gasteiger partial charge in [0.1, 0.15) is 17.9 Å². The van der Waals surface area contributed by atoms with E-state index in [1.54, 1.807) is 18.2 Å². The molecule has 0 spiro atoms. The Balaban J connectivity index is 1.59. The number of amides is 1. The zero-order valence-electron chi connectivity index (χ0n) is 14.7. The molecule has 2 aromatic rings. The van der Waals surface area contributed by atoms with Gasteiger partial charge in [0.25, 0.3) is 6.01 Å². The molecule has 1 fully saturated rings. The number of aliphatic hydroxyl groups excluding tert-OH is 1. The van der Waals surface area contributed by atoms with Crippen LogP contribution in [0.1, 0.15) is 25.7 Å². The molecule has 1 aliphatic rings. The van der Waals surface area contributed by atoms with E-state index in [1.165, 1.54) is 0 Å². The SMILES string of the molecule is O=C(O)NC/C(=C/F)COc1ccc2nc(NC3CCC(O)CC3)oc2c1. The molecule has 0 radical (unpaired) electrons. The maximum absolute atomic E-state index is 12.8. The van der Waals surface area contributed by atoms with E-state index in [-0.39, 0.29) is 30.9 Å². The summed E-state index contributed by atoms with van der Waals surface area (Å²) in [7, 11) is 0. The molecule has 1 heterocycles. The van der Waals surface area contributed by atoms with E-state index in [0.29, 0.717) is 29.2 Å². The van der Waals surface area contributed by atoms with Gasteiger partial charge in [-0.3, -0.25) is 0 Å². The Morgan fingerprint density at radius 3 is 2.85 bits per heavy atom. The lowest BCUT2D eigenvalue weighted by molar-refractivity contribution is 0.125. The van der Waals surface area contributed by atoms with Crippen LogP contribution in [0.4, 0.5) is 15.2 Å². The summed E-state index contributed by atoms with van der Waals surface area (Å²) < 4.78 is 24.0. The van der Waals surface area contributed by atoms with Crippen LogP contribution in [0.3, 0.4) is 0 Å². The summed E-state index contributed by atoms with van der Waals surface area (Å²) in [5.41, 5.74) is 1.35. The molecule has 0 unspecified atom stereocenters. The number of hydrogen-bond acceptors (Lipinski definition) is 6. The lowest BCUT2D eigenvalue weighted by Gasteiger charge is -2.25. The van der Waals surface area contributed by atoms with E-state index in [1.807, 2.05) is 0 Å². The van der Waals surface area contributed by atoms with Crippen LogP contribution in [0.15, 0.2) is 34.5 Å². The maximum Gasteiger partial charge on any atom is 0.404 e. The molecule has 8 nitrogen and oxygen atoms in total. The smallest absolute Gasteiger partial charge is 0.404 e. The Morgan fingerprint density at radius 2 is 2.15 bits per heavy atom. The molecule has 1 saturated carbocycles. The summed E-state index contributed by atoms with van der Waals surface area (Å²) in [6, 6.07) is 5.71. The van der Waals surface area contributed by atoms with Gasteiger partial charge in [0.2, 0.25) is 0 Å². The van der Waals surface area contributed by atoms with Crippen molar-refractivity contribution in [3.05, 3.63) is 30.1 Å². The monoisotopic (exact) mass is 379 g/mol. The highest BCUT2D eigenvalue weighted by atomic mass is 19.1. The average Bonchev–Trinajstić information content (AvgIpc) is 3.05. The molecule has 0 saturated heterocycles. The molecule has 1 aromatic heterocycles. The lowest BCUT2D eigenvalue weighted by atomic mass is 9.93. The van der Waals surface area contributed by atoms with Crippen molar-refractivity contribution in [2.45, 2.75) is 37.8 Å². The number of aliphatic hydroxyl groups is 1. The van der Waals surface area contributed by atoms with E-state index in [0.717, 1.165) is 25.7 Å². The van der Waals surface area contributed by atoms with Crippen LogP contribution in [-0.2, 0) is 0 Å². The van der Waals surface area contributed by atoms with Crippen molar-refractivity contribution < 1.29 is 28.6 Å². The van der Waals surface area contributed by atoms with Crippen LogP contribution >= 0.6 is 0 Å². The number of hydrogen-bond donors (Lipinski definition) is 4. The van der Waals surface area contributed by atoms with Crippen molar-refractivity contribution in [1.82, 2.24) is 10.3 Å². The first kappa shape index (κ1) is 19.0. The average molecular weight is 379 g/mol. The zero-order valence-corrected chi connectivity index (χ0v) is 14.7. The standard InChI is InChI=1S/C18H22FN3O5/c19-8-11(9-20-18(24)25)10-26-14-5-6-15-16(7-14)27-17(22-15)21-12-1-3-13(23)4-2-12/h5-8,12-13,20,23H,1-4,9-10H2,(H,21,22)(H,24,25)/b11-8-. The molecule has 1 amide bonds. The minimum atomic E-state index is -1.23. The van der Waals surface area contributed by atoms with Gasteiger partial charge in [0, 0.05) is 24.2 Å². The third kappa shape index (κ3) is 5.33. The summed E-state index contributed by atoms with van der Waals surface area (Å²) in [5, 5.41) is 23.4. The molecule has 0 bridgehead atoms. The highest BCUT2D eigenvalue weighted by Gasteiger charge is 2.20. The second-order valence-electron chi connectivity index (χ2n) is 6.51. The highest BCUT2D eigenvalue weighted by Crippen LogP contribution is 2.27. The number of carbonyl (C=O) groups is 1. The molecule has 9 heteroatoms. The Morgan fingerprint density at radius 1 is 1.37 bits per heavy atom. The van der Waals surface area contributed by atoms with E-state index in [4.69, 9.17) is 14.3 Å². The first-order chi connectivity index (χ1) is 13.0. The number of benzene rings is 1. The fraction of sp³-hybridized carbons (Fsp3) is 0.444. The largest absolute Gasteiger partial charge is 0.489 e. The topological polar surface area (TPSA) is 117 Å². The van der Waals surface area contributed by atoms with Gasteiger partial charge in [-0.25, -0.2) is 9.18 Å². The highest BCUT2D eigenvalue weighted by molar-refractivity contribution is 5.76. The van der Waals surface area contributed by atoms with E-state index >= 15 is 0 Å². The summed E-state index contributed by atoms with van der Waals surface area (Å²) in [6.45, 7) is -0.244. The molecule has 0 atom stereocenters. The number of aromatic nitrogens is 1. The Bertz CT molecular complexity index is 814. The van der Waals surface area contributed by atoms with Crippen LogP contribution < -0.4 is 15.4 Å². The van der Waals surface area contributed by atoms with Crippen molar-refractivity contribution in [2.75, 3.05) is 18.5 Å². The van der Waals surface area contributed by atoms with Gasteiger partial charge in [-0.2, -0.15) is 4.98 Å². The molecule has 3 rings (SSSR count).